The molecule has 6 nitrogen and oxygen atoms in total. The first-order chi connectivity index (χ1) is 6.60. The van der Waals surface area contributed by atoms with Gasteiger partial charge in [-0.15, -0.1) is 0 Å². The van der Waals surface area contributed by atoms with Crippen LogP contribution >= 0.6 is 0 Å². The van der Waals surface area contributed by atoms with Crippen molar-refractivity contribution in [1.29, 1.82) is 5.26 Å². The van der Waals surface area contributed by atoms with Gasteiger partial charge in [0.1, 0.15) is 5.69 Å². The molecule has 0 atom stereocenters. The van der Waals surface area contributed by atoms with Crippen LogP contribution in [-0.2, 0) is 0 Å². The molecule has 1 aromatic rings. The predicted octanol–water partition coefficient (Wildman–Crippen LogP) is 1.06. The van der Waals surface area contributed by atoms with Crippen molar-refractivity contribution in [2.24, 2.45) is 0 Å². The lowest BCUT2D eigenvalue weighted by molar-refractivity contribution is -0.384. The average Bonchev–Trinajstić information content (AvgIpc) is 2.15. The van der Waals surface area contributed by atoms with E-state index in [4.69, 9.17) is 15.7 Å². The number of nitro groups is 1. The van der Waals surface area contributed by atoms with Crippen LogP contribution in [0.25, 0.3) is 0 Å². The molecular weight excluding hydrogens is 186 g/mol. The van der Waals surface area contributed by atoms with Crippen LogP contribution < -0.4 is 10.5 Å². The molecule has 0 saturated carbocycles. The van der Waals surface area contributed by atoms with Crippen LogP contribution in [0.3, 0.4) is 0 Å². The zero-order valence-electron chi connectivity index (χ0n) is 7.35. The number of nitrogens with zero attached hydrogens (tertiary/aromatic N) is 2. The van der Waals surface area contributed by atoms with Gasteiger partial charge in [0.2, 0.25) is 0 Å². The number of hydrogen-bond donors (Lipinski definition) is 1. The highest BCUT2D eigenvalue weighted by Gasteiger charge is 2.20. The van der Waals surface area contributed by atoms with Gasteiger partial charge in [0, 0.05) is 6.07 Å². The summed E-state index contributed by atoms with van der Waals surface area (Å²) in [6.45, 7) is 0. The SMILES string of the molecule is COc1cc(C#N)cc(N)c1[N+](=O)[O-]. The summed E-state index contributed by atoms with van der Waals surface area (Å²) in [7, 11) is 1.28. The van der Waals surface area contributed by atoms with Crippen molar-refractivity contribution in [1.82, 2.24) is 0 Å². The van der Waals surface area contributed by atoms with Crippen molar-refractivity contribution >= 4 is 11.4 Å². The average molecular weight is 193 g/mol. The molecular formula is C8H7N3O3. The van der Waals surface area contributed by atoms with Crippen molar-refractivity contribution in [3.8, 4) is 11.8 Å². The van der Waals surface area contributed by atoms with Crippen LogP contribution in [-0.4, -0.2) is 12.0 Å². The monoisotopic (exact) mass is 193 g/mol. The van der Waals surface area contributed by atoms with E-state index in [0.29, 0.717) is 0 Å². The van der Waals surface area contributed by atoms with E-state index in [1.807, 2.05) is 6.07 Å². The maximum atomic E-state index is 10.6. The van der Waals surface area contributed by atoms with E-state index in [0.717, 1.165) is 0 Å². The summed E-state index contributed by atoms with van der Waals surface area (Å²) in [5.41, 5.74) is 5.24. The fourth-order valence-corrected chi connectivity index (χ4v) is 1.04. The number of nitrogen functional groups attached to an aromatic ring is 1. The molecule has 0 saturated heterocycles. The second kappa shape index (κ2) is 3.62. The molecule has 2 N–H and O–H groups in total. The smallest absolute Gasteiger partial charge is 0.333 e. The summed E-state index contributed by atoms with van der Waals surface area (Å²) in [5.74, 6) is -0.00782. The fraction of sp³-hybridized carbons (Fsp3) is 0.125. The molecule has 0 spiro atoms. The van der Waals surface area contributed by atoms with Gasteiger partial charge in [0.05, 0.1) is 23.7 Å². The van der Waals surface area contributed by atoms with Crippen LogP contribution in [0.4, 0.5) is 11.4 Å². The summed E-state index contributed by atoms with van der Waals surface area (Å²) in [4.78, 5) is 9.92. The number of nitrogens with two attached hydrogens (primary N) is 1. The quantitative estimate of drug-likeness (QED) is 0.429. The Morgan fingerprint density at radius 3 is 2.71 bits per heavy atom. The van der Waals surface area contributed by atoms with E-state index in [1.54, 1.807) is 0 Å². The van der Waals surface area contributed by atoms with Crippen molar-refractivity contribution in [3.63, 3.8) is 0 Å². The molecule has 0 aromatic heterocycles. The molecule has 6 heteroatoms. The lowest BCUT2D eigenvalue weighted by Gasteiger charge is -2.03. The third-order valence-electron chi connectivity index (χ3n) is 1.64. The molecule has 0 aliphatic heterocycles. The van der Waals surface area contributed by atoms with Gasteiger partial charge in [-0.1, -0.05) is 0 Å². The fourth-order valence-electron chi connectivity index (χ4n) is 1.04. The zero-order chi connectivity index (χ0) is 10.7. The molecule has 14 heavy (non-hydrogen) atoms. The van der Waals surface area contributed by atoms with E-state index in [9.17, 15) is 10.1 Å². The summed E-state index contributed by atoms with van der Waals surface area (Å²) in [6.07, 6.45) is 0. The number of methoxy groups -OCH3 is 1. The number of benzene rings is 1. The second-order valence-corrected chi connectivity index (χ2v) is 2.49. The molecule has 1 aromatic carbocycles. The largest absolute Gasteiger partial charge is 0.490 e. The minimum atomic E-state index is -0.644. The van der Waals surface area contributed by atoms with Crippen molar-refractivity contribution in [2.75, 3.05) is 12.8 Å². The lowest BCUT2D eigenvalue weighted by atomic mass is 10.1. The van der Waals surface area contributed by atoms with Gasteiger partial charge >= 0.3 is 5.69 Å². The van der Waals surface area contributed by atoms with E-state index < -0.39 is 4.92 Å². The summed E-state index contributed by atoms with van der Waals surface area (Å²) in [5, 5.41) is 19.1. The Hall–Kier alpha value is -2.29. The lowest BCUT2D eigenvalue weighted by Crippen LogP contribution is -1.99. The third kappa shape index (κ3) is 1.56. The Kier molecular flexibility index (Phi) is 2.53. The van der Waals surface area contributed by atoms with Crippen LogP contribution in [0.15, 0.2) is 12.1 Å². The predicted molar refractivity (Wildman–Crippen MR) is 48.8 cm³/mol. The number of nitriles is 1. The number of hydrogen-bond acceptors (Lipinski definition) is 5. The van der Waals surface area contributed by atoms with Gasteiger partial charge in [-0.05, 0) is 6.07 Å². The van der Waals surface area contributed by atoms with Crippen molar-refractivity contribution < 1.29 is 9.66 Å². The Morgan fingerprint density at radius 1 is 1.64 bits per heavy atom. The Bertz CT molecular complexity index is 423. The molecule has 0 fully saturated rings. The maximum Gasteiger partial charge on any atom is 0.333 e. The highest BCUT2D eigenvalue weighted by atomic mass is 16.6. The van der Waals surface area contributed by atoms with Crippen LogP contribution in [0.2, 0.25) is 0 Å². The van der Waals surface area contributed by atoms with Crippen molar-refractivity contribution in [3.05, 3.63) is 27.8 Å². The first-order valence-corrected chi connectivity index (χ1v) is 3.62. The summed E-state index contributed by atoms with van der Waals surface area (Å²) < 4.78 is 4.76. The van der Waals surface area contributed by atoms with Crippen LogP contribution in [0.1, 0.15) is 5.56 Å². The molecule has 0 aliphatic carbocycles. The molecule has 0 heterocycles. The molecule has 0 unspecified atom stereocenters. The van der Waals surface area contributed by atoms with E-state index in [-0.39, 0.29) is 22.7 Å². The van der Waals surface area contributed by atoms with Gasteiger partial charge in [-0.3, -0.25) is 10.1 Å². The van der Waals surface area contributed by atoms with Gasteiger partial charge < -0.3 is 10.5 Å². The van der Waals surface area contributed by atoms with Crippen molar-refractivity contribution in [2.45, 2.75) is 0 Å². The molecule has 72 valence electrons. The number of anilines is 1. The second-order valence-electron chi connectivity index (χ2n) is 2.49. The van der Waals surface area contributed by atoms with Gasteiger partial charge in [0.15, 0.2) is 5.75 Å². The highest BCUT2D eigenvalue weighted by Crippen LogP contribution is 2.33. The third-order valence-corrected chi connectivity index (χ3v) is 1.64. The number of rotatable bonds is 2. The van der Waals surface area contributed by atoms with Crippen LogP contribution in [0.5, 0.6) is 5.75 Å². The summed E-state index contributed by atoms with van der Waals surface area (Å²) >= 11 is 0. The zero-order valence-corrected chi connectivity index (χ0v) is 7.35. The summed E-state index contributed by atoms with van der Waals surface area (Å²) in [6, 6.07) is 4.34. The van der Waals surface area contributed by atoms with E-state index in [1.165, 1.54) is 19.2 Å². The molecule has 0 aliphatic rings. The van der Waals surface area contributed by atoms with Crippen LogP contribution in [0, 0.1) is 21.4 Å². The Morgan fingerprint density at radius 2 is 2.29 bits per heavy atom. The maximum absolute atomic E-state index is 10.6. The van der Waals surface area contributed by atoms with Gasteiger partial charge in [0.25, 0.3) is 0 Å². The molecule has 0 radical (unpaired) electrons. The molecule has 0 bridgehead atoms. The number of nitro benzene ring substituents is 1. The van der Waals surface area contributed by atoms with E-state index >= 15 is 0 Å². The number of ether oxygens (including phenoxy) is 1. The van der Waals surface area contributed by atoms with Gasteiger partial charge in [-0.25, -0.2) is 0 Å². The Labute approximate surface area is 79.7 Å². The highest BCUT2D eigenvalue weighted by molar-refractivity contribution is 5.68. The normalized spacial score (nSPS) is 9.14. The van der Waals surface area contributed by atoms with Gasteiger partial charge in [-0.2, -0.15) is 5.26 Å². The minimum Gasteiger partial charge on any atom is -0.490 e. The topological polar surface area (TPSA) is 102 Å². The molecule has 0 amide bonds. The van der Waals surface area contributed by atoms with E-state index in [2.05, 4.69) is 0 Å². The Balaban J connectivity index is 3.44. The first kappa shape index (κ1) is 9.80. The first-order valence-electron chi connectivity index (χ1n) is 3.62. The minimum absolute atomic E-state index is 0.00782. The molecule has 1 rings (SSSR count). The standard InChI is InChI=1S/C8H7N3O3/c1-14-7-3-5(4-9)2-6(10)8(7)11(12)13/h2-3H,10H2,1H3.